The van der Waals surface area contributed by atoms with Gasteiger partial charge in [0.1, 0.15) is 11.9 Å². The topological polar surface area (TPSA) is 51.6 Å². The van der Waals surface area contributed by atoms with Crippen molar-refractivity contribution in [3.63, 3.8) is 0 Å². The van der Waals surface area contributed by atoms with Gasteiger partial charge in [0.15, 0.2) is 0 Å². The normalized spacial score (nSPS) is 27.3. The maximum Gasteiger partial charge on any atom is 0.137 e. The molecule has 1 aromatic heterocycles. The predicted octanol–water partition coefficient (Wildman–Crippen LogP) is 3.50. The number of aromatic nitrogens is 1. The van der Waals surface area contributed by atoms with Crippen molar-refractivity contribution in [1.82, 2.24) is 4.98 Å². The minimum Gasteiger partial charge on any atom is -0.492 e. The maximum absolute atomic E-state index is 10.8. The van der Waals surface area contributed by atoms with E-state index >= 15 is 0 Å². The lowest BCUT2D eigenvalue weighted by atomic mass is 9.74. The van der Waals surface area contributed by atoms with Gasteiger partial charge in [-0.3, -0.25) is 4.98 Å². The molecule has 0 amide bonds. The van der Waals surface area contributed by atoms with E-state index in [4.69, 9.17) is 9.47 Å². The maximum atomic E-state index is 10.8. The summed E-state index contributed by atoms with van der Waals surface area (Å²) in [6.07, 6.45) is 7.74. The molecule has 1 aromatic rings. The number of hydrogen-bond donors (Lipinski definition) is 1. The molecule has 4 heteroatoms. The van der Waals surface area contributed by atoms with Gasteiger partial charge in [-0.05, 0) is 31.2 Å². The van der Waals surface area contributed by atoms with E-state index in [2.05, 4.69) is 18.8 Å². The average Bonchev–Trinajstić information content (AvgIpc) is 2.52. The number of hydrogen-bond acceptors (Lipinski definition) is 4. The van der Waals surface area contributed by atoms with Gasteiger partial charge in [-0.2, -0.15) is 0 Å². The molecule has 21 heavy (non-hydrogen) atoms. The summed E-state index contributed by atoms with van der Waals surface area (Å²) in [7, 11) is 1.70. The van der Waals surface area contributed by atoms with E-state index in [0.29, 0.717) is 18.3 Å². The first kappa shape index (κ1) is 16.2. The summed E-state index contributed by atoms with van der Waals surface area (Å²) in [4.78, 5) is 4.20. The predicted molar refractivity (Wildman–Crippen MR) is 82.4 cm³/mol. The highest BCUT2D eigenvalue weighted by molar-refractivity contribution is 5.27. The molecular weight excluding hydrogens is 266 g/mol. The second kappa shape index (κ2) is 7.23. The van der Waals surface area contributed by atoms with Crippen molar-refractivity contribution >= 4 is 0 Å². The van der Waals surface area contributed by atoms with Gasteiger partial charge in [-0.1, -0.05) is 26.7 Å². The van der Waals surface area contributed by atoms with E-state index in [0.717, 1.165) is 31.2 Å². The summed E-state index contributed by atoms with van der Waals surface area (Å²) in [6.45, 7) is 4.95. The lowest BCUT2D eigenvalue weighted by Crippen LogP contribution is -2.42. The molecule has 3 unspecified atom stereocenters. The molecule has 0 saturated heterocycles. The van der Waals surface area contributed by atoms with Crippen LogP contribution in [-0.4, -0.2) is 29.4 Å². The first-order chi connectivity index (χ1) is 10.1. The average molecular weight is 293 g/mol. The third-order valence-electron chi connectivity index (χ3n) is 4.42. The summed E-state index contributed by atoms with van der Waals surface area (Å²) in [5.74, 6) is 1.28. The van der Waals surface area contributed by atoms with Gasteiger partial charge in [0.2, 0.25) is 0 Å². The summed E-state index contributed by atoms with van der Waals surface area (Å²) < 4.78 is 11.4. The third kappa shape index (κ3) is 3.74. The fourth-order valence-electron chi connectivity index (χ4n) is 3.28. The number of pyridine rings is 1. The number of rotatable bonds is 6. The largest absolute Gasteiger partial charge is 0.492 e. The Hall–Kier alpha value is -1.13. The van der Waals surface area contributed by atoms with Crippen LogP contribution in [0.5, 0.6) is 5.75 Å². The van der Waals surface area contributed by atoms with Gasteiger partial charge in [-0.25, -0.2) is 0 Å². The van der Waals surface area contributed by atoms with Crippen LogP contribution < -0.4 is 4.74 Å². The zero-order valence-corrected chi connectivity index (χ0v) is 13.3. The van der Waals surface area contributed by atoms with Crippen LogP contribution in [0.3, 0.4) is 0 Å². The van der Waals surface area contributed by atoms with Gasteiger partial charge in [0.25, 0.3) is 0 Å². The van der Waals surface area contributed by atoms with Gasteiger partial charge in [-0.15, -0.1) is 0 Å². The van der Waals surface area contributed by atoms with Crippen molar-refractivity contribution < 1.29 is 14.6 Å². The molecule has 118 valence electrons. The third-order valence-corrected chi connectivity index (χ3v) is 4.42. The smallest absolute Gasteiger partial charge is 0.137 e. The van der Waals surface area contributed by atoms with Crippen LogP contribution in [0.4, 0.5) is 0 Å². The monoisotopic (exact) mass is 293 g/mol. The molecule has 1 saturated carbocycles. The van der Waals surface area contributed by atoms with E-state index in [1.807, 2.05) is 6.07 Å². The second-order valence-corrected chi connectivity index (χ2v) is 6.18. The second-order valence-electron chi connectivity index (χ2n) is 6.18. The van der Waals surface area contributed by atoms with Crippen molar-refractivity contribution in [2.24, 2.45) is 5.92 Å². The van der Waals surface area contributed by atoms with Crippen LogP contribution in [0.1, 0.15) is 57.6 Å². The molecule has 0 spiro atoms. The molecule has 0 bridgehead atoms. The molecule has 0 radical (unpaired) electrons. The van der Waals surface area contributed by atoms with Gasteiger partial charge in [0, 0.05) is 18.9 Å². The lowest BCUT2D eigenvalue weighted by Gasteiger charge is -2.42. The van der Waals surface area contributed by atoms with E-state index in [1.54, 1.807) is 19.5 Å². The number of ether oxygens (including phenoxy) is 2. The Morgan fingerprint density at radius 2 is 2.29 bits per heavy atom. The van der Waals surface area contributed by atoms with E-state index in [1.165, 1.54) is 6.42 Å². The molecule has 1 N–H and O–H groups in total. The minimum atomic E-state index is -0.664. The Morgan fingerprint density at radius 3 is 2.95 bits per heavy atom. The standard InChI is InChI=1S/C17H27NO3/c1-4-8-21-15-9-14(11-18-12-15)16(19)17(20-3)7-5-6-13(2)10-17/h9,11-13,16,19H,4-8,10H2,1-3H3. The SMILES string of the molecule is CCCOc1cncc(C(O)C2(OC)CCCC(C)C2)c1. The zero-order chi connectivity index (χ0) is 15.3. The molecule has 0 aliphatic heterocycles. The first-order valence-corrected chi connectivity index (χ1v) is 7.92. The molecule has 1 heterocycles. The van der Waals surface area contributed by atoms with Crippen LogP contribution >= 0.6 is 0 Å². The summed E-state index contributed by atoms with van der Waals surface area (Å²) in [5, 5.41) is 10.8. The van der Waals surface area contributed by atoms with Crippen LogP contribution in [0, 0.1) is 5.92 Å². The number of methoxy groups -OCH3 is 1. The molecule has 2 rings (SSSR count). The highest BCUT2D eigenvalue weighted by Crippen LogP contribution is 2.43. The van der Waals surface area contributed by atoms with Gasteiger partial charge < -0.3 is 14.6 Å². The molecule has 1 fully saturated rings. The Morgan fingerprint density at radius 1 is 1.48 bits per heavy atom. The molecule has 0 aromatic carbocycles. The van der Waals surface area contributed by atoms with Crippen LogP contribution in [0.15, 0.2) is 18.5 Å². The molecule has 1 aliphatic rings. The quantitative estimate of drug-likeness (QED) is 0.872. The Balaban J connectivity index is 2.18. The fourth-order valence-corrected chi connectivity index (χ4v) is 3.28. The molecule has 4 nitrogen and oxygen atoms in total. The Kier molecular flexibility index (Phi) is 5.59. The lowest BCUT2D eigenvalue weighted by molar-refractivity contribution is -0.134. The van der Waals surface area contributed by atoms with Crippen molar-refractivity contribution in [3.05, 3.63) is 24.0 Å². The zero-order valence-electron chi connectivity index (χ0n) is 13.3. The molecular formula is C17H27NO3. The highest BCUT2D eigenvalue weighted by Gasteiger charge is 2.42. The van der Waals surface area contributed by atoms with Crippen LogP contribution in [-0.2, 0) is 4.74 Å². The Bertz CT molecular complexity index is 451. The van der Waals surface area contributed by atoms with Gasteiger partial charge >= 0.3 is 0 Å². The van der Waals surface area contributed by atoms with Crippen LogP contribution in [0.25, 0.3) is 0 Å². The fraction of sp³-hybridized carbons (Fsp3) is 0.706. The van der Waals surface area contributed by atoms with Crippen molar-refractivity contribution in [1.29, 1.82) is 0 Å². The summed E-state index contributed by atoms with van der Waals surface area (Å²) in [5.41, 5.74) is 0.280. The van der Waals surface area contributed by atoms with Crippen molar-refractivity contribution in [2.75, 3.05) is 13.7 Å². The Labute approximate surface area is 127 Å². The molecule has 3 atom stereocenters. The van der Waals surface area contributed by atoms with Gasteiger partial charge in [0.05, 0.1) is 18.4 Å². The minimum absolute atomic E-state index is 0.497. The summed E-state index contributed by atoms with van der Waals surface area (Å²) in [6, 6.07) is 1.88. The first-order valence-electron chi connectivity index (χ1n) is 7.92. The van der Waals surface area contributed by atoms with E-state index < -0.39 is 11.7 Å². The van der Waals surface area contributed by atoms with E-state index in [9.17, 15) is 5.11 Å². The summed E-state index contributed by atoms with van der Waals surface area (Å²) >= 11 is 0. The number of nitrogens with zero attached hydrogens (tertiary/aromatic N) is 1. The van der Waals surface area contributed by atoms with Crippen molar-refractivity contribution in [3.8, 4) is 5.75 Å². The van der Waals surface area contributed by atoms with E-state index in [-0.39, 0.29) is 0 Å². The number of aliphatic hydroxyl groups is 1. The van der Waals surface area contributed by atoms with Crippen LogP contribution in [0.2, 0.25) is 0 Å². The molecule has 1 aliphatic carbocycles. The van der Waals surface area contributed by atoms with Crippen molar-refractivity contribution in [2.45, 2.75) is 57.7 Å². The number of aliphatic hydroxyl groups excluding tert-OH is 1. The highest BCUT2D eigenvalue weighted by atomic mass is 16.5.